The quantitative estimate of drug-likeness (QED) is 0.192. The number of nitrogens with zero attached hydrogens (tertiary/aromatic N) is 2. The van der Waals surface area contributed by atoms with Gasteiger partial charge in [-0.1, -0.05) is 39.3 Å². The Bertz CT molecular complexity index is 1220. The van der Waals surface area contributed by atoms with Gasteiger partial charge in [0.05, 0.1) is 45.0 Å². The molecule has 4 rings (SSSR count). The van der Waals surface area contributed by atoms with Crippen molar-refractivity contribution in [1.29, 1.82) is 0 Å². The van der Waals surface area contributed by atoms with Crippen molar-refractivity contribution in [3.8, 4) is 0 Å². The van der Waals surface area contributed by atoms with Crippen molar-refractivity contribution < 1.29 is 47.8 Å². The molecule has 0 aromatic rings. The van der Waals surface area contributed by atoms with Crippen molar-refractivity contribution in [2.75, 3.05) is 26.9 Å². The number of hydrogen-bond acceptors (Lipinski definition) is 11. The van der Waals surface area contributed by atoms with E-state index in [0.29, 0.717) is 25.2 Å². The van der Waals surface area contributed by atoms with Crippen LogP contribution in [0.3, 0.4) is 0 Å². The molecule has 1 saturated carbocycles. The second-order valence-corrected chi connectivity index (χ2v) is 13.7. The van der Waals surface area contributed by atoms with E-state index in [4.69, 9.17) is 19.0 Å². The average molecular weight is 650 g/mol. The van der Waals surface area contributed by atoms with Crippen molar-refractivity contribution in [1.82, 2.24) is 20.9 Å². The third-order valence-electron chi connectivity index (χ3n) is 8.61. The second-order valence-electron chi connectivity index (χ2n) is 13.7. The van der Waals surface area contributed by atoms with Crippen LogP contribution in [-0.4, -0.2) is 109 Å². The normalized spacial score (nSPS) is 25.2. The number of ether oxygens (including phenoxy) is 3. The van der Waals surface area contributed by atoms with Gasteiger partial charge in [-0.15, -0.1) is 0 Å². The first-order chi connectivity index (χ1) is 21.7. The number of carbonyl (C=O) groups excluding carboxylic acids is 6. The van der Waals surface area contributed by atoms with Gasteiger partial charge in [0.25, 0.3) is 5.91 Å². The Hall–Kier alpha value is -3.75. The highest BCUT2D eigenvalue weighted by atomic mass is 16.7. The fourth-order valence-electron chi connectivity index (χ4n) is 5.88. The van der Waals surface area contributed by atoms with Crippen LogP contribution in [0.2, 0.25) is 0 Å². The Labute approximate surface area is 268 Å². The number of carbonyl (C=O) groups is 6. The number of ketones is 1. The Morgan fingerprint density at radius 1 is 1.11 bits per heavy atom. The van der Waals surface area contributed by atoms with Crippen LogP contribution in [0.4, 0.5) is 4.79 Å². The van der Waals surface area contributed by atoms with Crippen LogP contribution >= 0.6 is 0 Å². The summed E-state index contributed by atoms with van der Waals surface area (Å²) in [6.45, 7) is 7.88. The molecule has 0 bridgehead atoms. The third kappa shape index (κ3) is 8.95. The van der Waals surface area contributed by atoms with Gasteiger partial charge in [0.1, 0.15) is 18.2 Å². The lowest BCUT2D eigenvalue weighted by Gasteiger charge is -2.35. The van der Waals surface area contributed by atoms with Crippen molar-refractivity contribution in [2.24, 2.45) is 10.6 Å². The van der Waals surface area contributed by atoms with E-state index in [0.717, 1.165) is 12.8 Å². The molecule has 0 aromatic heterocycles. The summed E-state index contributed by atoms with van der Waals surface area (Å²) in [5.41, 5.74) is -1.28. The zero-order valence-electron chi connectivity index (χ0n) is 27.3. The highest BCUT2D eigenvalue weighted by Crippen LogP contribution is 2.39. The van der Waals surface area contributed by atoms with E-state index < -0.39 is 70.8 Å². The first kappa shape index (κ1) is 35.1. The number of likely N-dealkylation sites (tertiary alicyclic amines) is 1. The summed E-state index contributed by atoms with van der Waals surface area (Å²) in [4.78, 5) is 85.7. The molecule has 0 unspecified atom stereocenters. The molecule has 3 fully saturated rings. The van der Waals surface area contributed by atoms with E-state index in [1.807, 2.05) is 6.92 Å². The number of alkyl carbamates (subject to hydrolysis) is 1. The first-order valence-electron chi connectivity index (χ1n) is 16.1. The molecule has 0 aromatic carbocycles. The second kappa shape index (κ2) is 14.8. The highest BCUT2D eigenvalue weighted by Gasteiger charge is 2.55. The summed E-state index contributed by atoms with van der Waals surface area (Å²) in [6.07, 6.45) is 2.38. The van der Waals surface area contributed by atoms with Crippen LogP contribution in [0, 0.1) is 5.41 Å². The Morgan fingerprint density at radius 3 is 2.46 bits per heavy atom. The number of rotatable bonds is 13. The van der Waals surface area contributed by atoms with Crippen molar-refractivity contribution >= 4 is 41.3 Å². The van der Waals surface area contributed by atoms with Gasteiger partial charge < -0.3 is 39.9 Å². The maximum Gasteiger partial charge on any atom is 0.408 e. The van der Waals surface area contributed by atoms with Gasteiger partial charge in [-0.05, 0) is 31.1 Å². The maximum atomic E-state index is 14.3. The van der Waals surface area contributed by atoms with Crippen LogP contribution in [0.25, 0.3) is 0 Å². The van der Waals surface area contributed by atoms with Crippen molar-refractivity contribution in [3.05, 3.63) is 0 Å². The van der Waals surface area contributed by atoms with Gasteiger partial charge in [-0.25, -0.2) is 4.79 Å². The maximum absolute atomic E-state index is 14.3. The first-order valence-corrected chi connectivity index (χ1v) is 16.1. The summed E-state index contributed by atoms with van der Waals surface area (Å²) < 4.78 is 15.5. The van der Waals surface area contributed by atoms with Crippen molar-refractivity contribution in [3.63, 3.8) is 0 Å². The molecule has 4 aliphatic rings. The molecule has 15 heteroatoms. The zero-order chi connectivity index (χ0) is 33.6. The largest absolute Gasteiger partial charge is 0.469 e. The SMILES string of the molecule is CCC[C@H](NC(=O)[C@@H]1C[C@]2(CC(CCC(=O)OC)=NO2)CN1C(=O)[C@@H](NC(=O)O[C@H]1CCOC1)C(C)(C)C)C(=O)C(=O)NC1CC1. The van der Waals surface area contributed by atoms with Crippen LogP contribution < -0.4 is 16.0 Å². The molecule has 3 heterocycles. The monoisotopic (exact) mass is 649 g/mol. The number of methoxy groups -OCH3 is 1. The molecule has 5 atom stereocenters. The predicted octanol–water partition coefficient (Wildman–Crippen LogP) is 1.12. The van der Waals surface area contributed by atoms with Crippen LogP contribution in [0.1, 0.15) is 85.5 Å². The standard InChI is InChI=1S/C31H47N5O10/c1-6-7-21(24(38)27(40)32-18-8-9-18)33-26(39)22-15-31(14-19(35-46-31)10-11-23(37)43-5)17-36(22)28(41)25(30(2,3)4)34-29(42)45-20-12-13-44-16-20/h18,20-22,25H,6-17H2,1-5H3,(H,32,40)(H,33,39)(H,34,42)/t20-,21-,22-,25+,31+/m0/s1. The van der Waals surface area contributed by atoms with Crippen molar-refractivity contribution in [2.45, 2.75) is 121 Å². The average Bonchev–Trinajstić information content (AvgIpc) is 3.36. The molecule has 0 radical (unpaired) electrons. The Morgan fingerprint density at radius 2 is 1.85 bits per heavy atom. The molecule has 1 aliphatic carbocycles. The predicted molar refractivity (Wildman–Crippen MR) is 162 cm³/mol. The molecule has 46 heavy (non-hydrogen) atoms. The molecule has 2 saturated heterocycles. The van der Waals surface area contributed by atoms with Gasteiger partial charge in [-0.2, -0.15) is 0 Å². The van der Waals surface area contributed by atoms with Crippen LogP contribution in [0.15, 0.2) is 5.16 Å². The summed E-state index contributed by atoms with van der Waals surface area (Å²) >= 11 is 0. The number of esters is 1. The fourth-order valence-corrected chi connectivity index (χ4v) is 5.88. The van der Waals surface area contributed by atoms with Gasteiger partial charge in [-0.3, -0.25) is 24.0 Å². The van der Waals surface area contributed by atoms with E-state index in [-0.39, 0.29) is 51.3 Å². The molecule has 256 valence electrons. The van der Waals surface area contributed by atoms with E-state index in [2.05, 4.69) is 21.1 Å². The molecular formula is C31H47N5O10. The van der Waals surface area contributed by atoms with Gasteiger partial charge in [0.15, 0.2) is 5.60 Å². The van der Waals surface area contributed by atoms with Gasteiger partial charge in [0.2, 0.25) is 17.6 Å². The van der Waals surface area contributed by atoms with Crippen LogP contribution in [0.5, 0.6) is 0 Å². The Balaban J connectivity index is 1.55. The number of nitrogens with one attached hydrogen (secondary N) is 3. The van der Waals surface area contributed by atoms with E-state index in [9.17, 15) is 28.8 Å². The Kier molecular flexibility index (Phi) is 11.3. The minimum absolute atomic E-state index is 0.0279. The fraction of sp³-hybridized carbons (Fsp3) is 0.774. The topological polar surface area (TPSA) is 191 Å². The number of hydrogen-bond donors (Lipinski definition) is 3. The molecule has 1 spiro atoms. The lowest BCUT2D eigenvalue weighted by atomic mass is 9.85. The summed E-state index contributed by atoms with van der Waals surface area (Å²) in [5.74, 6) is -3.06. The molecule has 3 N–H and O–H groups in total. The van der Waals surface area contributed by atoms with Gasteiger partial charge >= 0.3 is 12.1 Å². The van der Waals surface area contributed by atoms with Gasteiger partial charge in [0, 0.05) is 25.3 Å². The lowest BCUT2D eigenvalue weighted by Crippen LogP contribution is -2.59. The highest BCUT2D eigenvalue weighted by molar-refractivity contribution is 6.38. The number of amides is 4. The smallest absolute Gasteiger partial charge is 0.408 e. The zero-order valence-corrected chi connectivity index (χ0v) is 27.3. The summed E-state index contributed by atoms with van der Waals surface area (Å²) in [7, 11) is 1.30. The molecule has 3 aliphatic heterocycles. The number of oxime groups is 1. The minimum Gasteiger partial charge on any atom is -0.469 e. The number of Topliss-reactive ketones (excluding diaryl/α,β-unsaturated/α-hetero) is 1. The van der Waals surface area contributed by atoms with E-state index in [1.165, 1.54) is 12.0 Å². The molecular weight excluding hydrogens is 602 g/mol. The third-order valence-corrected chi connectivity index (χ3v) is 8.61. The van der Waals surface area contributed by atoms with E-state index in [1.54, 1.807) is 20.8 Å². The van der Waals surface area contributed by atoms with E-state index >= 15 is 0 Å². The minimum atomic E-state index is -1.10. The summed E-state index contributed by atoms with van der Waals surface area (Å²) in [6, 6.07) is -3.31. The lowest BCUT2D eigenvalue weighted by molar-refractivity contribution is -0.144. The molecule has 4 amide bonds. The molecule has 15 nitrogen and oxygen atoms in total. The van der Waals surface area contributed by atoms with Crippen LogP contribution in [-0.2, 0) is 43.0 Å². The summed E-state index contributed by atoms with van der Waals surface area (Å²) in [5, 5.41) is 12.3.